The van der Waals surface area contributed by atoms with Crippen LogP contribution in [0.3, 0.4) is 0 Å². The second-order valence-corrected chi connectivity index (χ2v) is 8.42. The Balaban J connectivity index is 1.39. The number of aromatic nitrogens is 3. The number of allylic oxidation sites excluding steroid dienone is 1. The van der Waals surface area contributed by atoms with Crippen molar-refractivity contribution in [3.05, 3.63) is 76.4 Å². The number of fused-ring (bicyclic) bond motifs is 3. The number of hydrogen-bond acceptors (Lipinski definition) is 9. The zero-order chi connectivity index (χ0) is 21.7. The maximum atomic E-state index is 13.3. The number of guanidine groups is 1. The van der Waals surface area contributed by atoms with Gasteiger partial charge in [0, 0.05) is 12.1 Å². The van der Waals surface area contributed by atoms with Crippen molar-refractivity contribution in [3.8, 4) is 0 Å². The van der Waals surface area contributed by atoms with Gasteiger partial charge < -0.3 is 9.73 Å². The van der Waals surface area contributed by atoms with Crippen LogP contribution in [-0.2, 0) is 16.8 Å². The van der Waals surface area contributed by atoms with E-state index in [2.05, 4.69) is 37.2 Å². The van der Waals surface area contributed by atoms with E-state index < -0.39 is 5.54 Å². The number of amides is 1. The van der Waals surface area contributed by atoms with Gasteiger partial charge in [-0.25, -0.2) is 4.99 Å². The molecule has 2 aliphatic rings. The highest BCUT2D eigenvalue weighted by molar-refractivity contribution is 7.13. The van der Waals surface area contributed by atoms with Gasteiger partial charge in [-0.15, -0.1) is 10.2 Å². The van der Waals surface area contributed by atoms with Crippen LogP contribution in [0.2, 0.25) is 0 Å². The molecule has 10 heteroatoms. The first-order valence-electron chi connectivity index (χ1n) is 9.99. The molecule has 1 amide bonds. The average Bonchev–Trinajstić information content (AvgIpc) is 3.41. The van der Waals surface area contributed by atoms with Gasteiger partial charge in [-0.1, -0.05) is 47.7 Å². The quantitative estimate of drug-likeness (QED) is 0.444. The first-order chi connectivity index (χ1) is 15.6. The Morgan fingerprint density at radius 3 is 2.84 bits per heavy atom. The molecule has 3 N–H and O–H groups in total. The van der Waals surface area contributed by atoms with Gasteiger partial charge in [0.2, 0.25) is 11.1 Å². The summed E-state index contributed by atoms with van der Waals surface area (Å²) in [7, 11) is 0. The molecule has 1 aliphatic carbocycles. The minimum atomic E-state index is -0.810. The molecule has 2 aromatic carbocycles. The van der Waals surface area contributed by atoms with Crippen molar-refractivity contribution in [1.29, 1.82) is 0 Å². The van der Waals surface area contributed by atoms with Crippen molar-refractivity contribution < 1.29 is 9.21 Å². The summed E-state index contributed by atoms with van der Waals surface area (Å²) in [6, 6.07) is 15.9. The molecule has 6 rings (SSSR count). The number of aliphatic imine (C=N–C) groups is 1. The number of carbonyl (C=O) groups is 1. The van der Waals surface area contributed by atoms with Crippen LogP contribution in [0, 0.1) is 0 Å². The lowest BCUT2D eigenvalue weighted by Gasteiger charge is -2.45. The second kappa shape index (κ2) is 6.99. The number of anilines is 2. The van der Waals surface area contributed by atoms with E-state index in [-0.39, 0.29) is 5.91 Å². The van der Waals surface area contributed by atoms with Gasteiger partial charge in [0.25, 0.3) is 5.91 Å². The lowest BCUT2D eigenvalue weighted by atomic mass is 9.65. The number of nitrogens with zero attached hydrogens (tertiary/aromatic N) is 4. The van der Waals surface area contributed by atoms with E-state index in [1.807, 2.05) is 49.4 Å². The van der Waals surface area contributed by atoms with Gasteiger partial charge >= 0.3 is 6.01 Å². The van der Waals surface area contributed by atoms with E-state index in [0.717, 1.165) is 16.6 Å². The van der Waals surface area contributed by atoms with Crippen LogP contribution in [0.5, 0.6) is 0 Å². The number of oxazole rings is 1. The molecule has 4 aromatic rings. The molecule has 1 aliphatic heterocycles. The van der Waals surface area contributed by atoms with E-state index in [1.165, 1.54) is 11.3 Å². The third kappa shape index (κ3) is 2.88. The molecule has 0 saturated carbocycles. The molecule has 3 heterocycles. The van der Waals surface area contributed by atoms with Gasteiger partial charge in [-0.3, -0.25) is 15.4 Å². The summed E-state index contributed by atoms with van der Waals surface area (Å²) in [5, 5.41) is 17.3. The maximum absolute atomic E-state index is 13.3. The Labute approximate surface area is 186 Å². The second-order valence-electron chi connectivity index (χ2n) is 7.59. The smallest absolute Gasteiger partial charge is 0.302 e. The summed E-state index contributed by atoms with van der Waals surface area (Å²) in [4.78, 5) is 22.7. The number of carbonyl (C=O) groups excluding carboxylic acids is 1. The van der Waals surface area contributed by atoms with E-state index in [4.69, 9.17) is 9.41 Å². The van der Waals surface area contributed by atoms with Crippen molar-refractivity contribution >= 4 is 45.4 Å². The Kier molecular flexibility index (Phi) is 4.08. The van der Waals surface area contributed by atoms with Crippen LogP contribution in [0.4, 0.5) is 11.1 Å². The van der Waals surface area contributed by atoms with Crippen LogP contribution in [0.1, 0.15) is 18.1 Å². The van der Waals surface area contributed by atoms with Crippen molar-refractivity contribution in [2.75, 3.05) is 10.6 Å². The lowest BCUT2D eigenvalue weighted by molar-refractivity contribution is -0.113. The number of benzene rings is 2. The van der Waals surface area contributed by atoms with Gasteiger partial charge in [0.05, 0.1) is 5.57 Å². The first kappa shape index (κ1) is 18.7. The summed E-state index contributed by atoms with van der Waals surface area (Å²) in [6.45, 7) is 1.86. The standard InChI is InChI=1S/C22H17N7O2S/c1-12-17(18(30)26-21-29-23-11-32-21)22(10-13-6-2-3-7-14(13)22)28-19(24-12)27-20-25-15-8-4-5-9-16(15)31-20/h2-9,11H,10H2,1H3,(H,26,29,30)(H2,24,25,27,28). The third-order valence-electron chi connectivity index (χ3n) is 5.63. The molecule has 0 saturated heterocycles. The summed E-state index contributed by atoms with van der Waals surface area (Å²) < 4.78 is 5.79. The predicted molar refractivity (Wildman–Crippen MR) is 121 cm³/mol. The van der Waals surface area contributed by atoms with E-state index in [0.29, 0.717) is 40.4 Å². The normalized spacial score (nSPS) is 19.2. The molecule has 2 aromatic heterocycles. The molecule has 0 radical (unpaired) electrons. The zero-order valence-corrected chi connectivity index (χ0v) is 17.7. The molecule has 158 valence electrons. The molecular formula is C22H17N7O2S. The monoisotopic (exact) mass is 443 g/mol. The molecule has 0 fully saturated rings. The van der Waals surface area contributed by atoms with Gasteiger partial charge in [0.15, 0.2) is 5.58 Å². The number of para-hydroxylation sites is 2. The first-order valence-corrected chi connectivity index (χ1v) is 10.9. The van der Waals surface area contributed by atoms with E-state index >= 15 is 0 Å². The summed E-state index contributed by atoms with van der Waals surface area (Å²) >= 11 is 1.27. The minimum absolute atomic E-state index is 0.258. The fourth-order valence-electron chi connectivity index (χ4n) is 4.32. The topological polar surface area (TPSA) is 117 Å². The largest absolute Gasteiger partial charge is 0.423 e. The zero-order valence-electron chi connectivity index (χ0n) is 16.9. The minimum Gasteiger partial charge on any atom is -0.423 e. The van der Waals surface area contributed by atoms with E-state index in [9.17, 15) is 4.79 Å². The van der Waals surface area contributed by atoms with Crippen LogP contribution in [0.25, 0.3) is 11.1 Å². The summed E-state index contributed by atoms with van der Waals surface area (Å²) in [5.41, 5.74) is 5.59. The fraction of sp³-hybridized carbons (Fsp3) is 0.136. The summed E-state index contributed by atoms with van der Waals surface area (Å²) in [5.74, 6) is 0.210. The maximum Gasteiger partial charge on any atom is 0.302 e. The SMILES string of the molecule is CC1=C(C(=O)Nc2nncs2)C2(Cc3ccccc32)N=C(Nc2nc3ccccc3o2)N1. The molecule has 32 heavy (non-hydrogen) atoms. The third-order valence-corrected chi connectivity index (χ3v) is 6.24. The highest BCUT2D eigenvalue weighted by Gasteiger charge is 2.51. The Morgan fingerprint density at radius 1 is 1.19 bits per heavy atom. The van der Waals surface area contributed by atoms with Crippen LogP contribution in [0.15, 0.2) is 74.7 Å². The van der Waals surface area contributed by atoms with E-state index in [1.54, 1.807) is 5.51 Å². The molecule has 1 atom stereocenters. The van der Waals surface area contributed by atoms with Crippen LogP contribution in [-0.4, -0.2) is 27.0 Å². The lowest BCUT2D eigenvalue weighted by Crippen LogP contribution is -2.50. The molecule has 0 bridgehead atoms. The number of nitrogens with one attached hydrogen (secondary N) is 3. The Morgan fingerprint density at radius 2 is 2.03 bits per heavy atom. The highest BCUT2D eigenvalue weighted by atomic mass is 32.1. The Bertz CT molecular complexity index is 1390. The number of hydrogen-bond donors (Lipinski definition) is 3. The molecule has 1 unspecified atom stereocenters. The van der Waals surface area contributed by atoms with Crippen molar-refractivity contribution in [3.63, 3.8) is 0 Å². The van der Waals surface area contributed by atoms with Gasteiger partial charge in [0.1, 0.15) is 16.6 Å². The predicted octanol–water partition coefficient (Wildman–Crippen LogP) is 3.41. The highest BCUT2D eigenvalue weighted by Crippen LogP contribution is 2.49. The van der Waals surface area contributed by atoms with Gasteiger partial charge in [-0.05, 0) is 30.2 Å². The summed E-state index contributed by atoms with van der Waals surface area (Å²) in [6.07, 6.45) is 0.611. The Hall–Kier alpha value is -4.05. The molecular weight excluding hydrogens is 426 g/mol. The average molecular weight is 443 g/mol. The fourth-order valence-corrected chi connectivity index (χ4v) is 4.76. The number of rotatable bonds is 3. The van der Waals surface area contributed by atoms with Crippen LogP contribution >= 0.6 is 11.3 Å². The van der Waals surface area contributed by atoms with Crippen molar-refractivity contribution in [2.24, 2.45) is 4.99 Å². The van der Waals surface area contributed by atoms with Crippen molar-refractivity contribution in [1.82, 2.24) is 20.5 Å². The molecule has 9 nitrogen and oxygen atoms in total. The molecule has 1 spiro atoms. The van der Waals surface area contributed by atoms with Crippen LogP contribution < -0.4 is 16.0 Å². The van der Waals surface area contributed by atoms with Gasteiger partial charge in [-0.2, -0.15) is 4.98 Å². The van der Waals surface area contributed by atoms with Crippen molar-refractivity contribution in [2.45, 2.75) is 18.9 Å².